The van der Waals surface area contributed by atoms with Crippen molar-refractivity contribution in [1.82, 2.24) is 15.1 Å². The second-order valence-corrected chi connectivity index (χ2v) is 6.18. The van der Waals surface area contributed by atoms with Crippen LogP contribution in [-0.2, 0) is 0 Å². The van der Waals surface area contributed by atoms with E-state index in [0.29, 0.717) is 6.04 Å². The zero-order chi connectivity index (χ0) is 13.8. The van der Waals surface area contributed by atoms with Gasteiger partial charge in [-0.2, -0.15) is 0 Å². The minimum absolute atomic E-state index is 0.307. The molecule has 0 aromatic carbocycles. The summed E-state index contributed by atoms with van der Waals surface area (Å²) < 4.78 is 5.42. The maximum atomic E-state index is 5.42. The highest BCUT2D eigenvalue weighted by Crippen LogP contribution is 2.20. The van der Waals surface area contributed by atoms with Crippen molar-refractivity contribution in [3.63, 3.8) is 0 Å². The van der Waals surface area contributed by atoms with E-state index < -0.39 is 0 Å². The highest BCUT2D eigenvalue weighted by molar-refractivity contribution is 5.02. The number of hydrogen-bond acceptors (Lipinski definition) is 4. The second-order valence-electron chi connectivity index (χ2n) is 6.18. The topological polar surface area (TPSA) is 31.6 Å². The summed E-state index contributed by atoms with van der Waals surface area (Å²) in [5.74, 6) is 1.03. The summed E-state index contributed by atoms with van der Waals surface area (Å²) in [6.07, 6.45) is 5.90. The summed E-state index contributed by atoms with van der Waals surface area (Å²) in [5, 5.41) is 3.55. The standard InChI is InChI=1S/C16H27N3O/c1-14(16-5-4-12-20-16)17-7-11-18-10-6-15(13-18)19-8-2-3-9-19/h4-5,12,14-15,17H,2-3,6-11,13H2,1H3. The van der Waals surface area contributed by atoms with E-state index in [1.165, 1.54) is 45.4 Å². The Morgan fingerprint density at radius 1 is 1.35 bits per heavy atom. The van der Waals surface area contributed by atoms with E-state index in [-0.39, 0.29) is 0 Å². The lowest BCUT2D eigenvalue weighted by Crippen LogP contribution is -2.37. The highest BCUT2D eigenvalue weighted by Gasteiger charge is 2.28. The first kappa shape index (κ1) is 14.1. The Labute approximate surface area is 122 Å². The number of likely N-dealkylation sites (tertiary alicyclic amines) is 2. The average Bonchev–Trinajstić information content (AvgIpc) is 3.20. The summed E-state index contributed by atoms with van der Waals surface area (Å²) in [7, 11) is 0. The minimum atomic E-state index is 0.307. The fourth-order valence-corrected chi connectivity index (χ4v) is 3.50. The SMILES string of the molecule is CC(NCCN1CCC(N2CCCC2)C1)c1ccco1. The van der Waals surface area contributed by atoms with Crippen molar-refractivity contribution in [3.8, 4) is 0 Å². The Kier molecular flexibility index (Phi) is 4.76. The third-order valence-corrected chi connectivity index (χ3v) is 4.75. The van der Waals surface area contributed by atoms with Crippen molar-refractivity contribution in [2.45, 2.75) is 38.3 Å². The number of hydrogen-bond donors (Lipinski definition) is 1. The molecule has 1 N–H and O–H groups in total. The van der Waals surface area contributed by atoms with Crippen LogP contribution in [0.5, 0.6) is 0 Å². The number of rotatable bonds is 6. The van der Waals surface area contributed by atoms with Gasteiger partial charge in [0.2, 0.25) is 0 Å². The van der Waals surface area contributed by atoms with E-state index in [2.05, 4.69) is 22.0 Å². The molecular weight excluding hydrogens is 250 g/mol. The lowest BCUT2D eigenvalue weighted by molar-refractivity contribution is 0.231. The molecule has 0 aliphatic carbocycles. The average molecular weight is 277 g/mol. The Balaban J connectivity index is 1.35. The van der Waals surface area contributed by atoms with Gasteiger partial charge in [-0.05, 0) is 58.0 Å². The maximum absolute atomic E-state index is 5.42. The van der Waals surface area contributed by atoms with Crippen molar-refractivity contribution in [2.75, 3.05) is 39.3 Å². The molecule has 20 heavy (non-hydrogen) atoms. The van der Waals surface area contributed by atoms with Crippen LogP contribution in [0.3, 0.4) is 0 Å². The molecule has 2 aliphatic heterocycles. The van der Waals surface area contributed by atoms with Crippen LogP contribution in [0.15, 0.2) is 22.8 Å². The molecule has 1 aromatic rings. The van der Waals surface area contributed by atoms with Gasteiger partial charge >= 0.3 is 0 Å². The van der Waals surface area contributed by atoms with E-state index in [4.69, 9.17) is 4.42 Å². The van der Waals surface area contributed by atoms with Crippen molar-refractivity contribution >= 4 is 0 Å². The molecular formula is C16H27N3O. The first-order valence-electron chi connectivity index (χ1n) is 8.06. The third-order valence-electron chi connectivity index (χ3n) is 4.75. The van der Waals surface area contributed by atoms with Crippen LogP contribution in [0.4, 0.5) is 0 Å². The van der Waals surface area contributed by atoms with Crippen LogP contribution in [0.1, 0.15) is 38.0 Å². The zero-order valence-electron chi connectivity index (χ0n) is 12.6. The van der Waals surface area contributed by atoms with Gasteiger partial charge in [0.1, 0.15) is 5.76 Å². The predicted molar refractivity (Wildman–Crippen MR) is 80.8 cm³/mol. The molecule has 0 amide bonds. The zero-order valence-corrected chi connectivity index (χ0v) is 12.6. The molecule has 0 saturated carbocycles. The molecule has 2 fully saturated rings. The van der Waals surface area contributed by atoms with Gasteiger partial charge in [0.25, 0.3) is 0 Å². The molecule has 0 radical (unpaired) electrons. The molecule has 2 saturated heterocycles. The quantitative estimate of drug-likeness (QED) is 0.863. The molecule has 3 heterocycles. The maximum Gasteiger partial charge on any atom is 0.120 e. The van der Waals surface area contributed by atoms with Crippen molar-refractivity contribution in [3.05, 3.63) is 24.2 Å². The van der Waals surface area contributed by atoms with Gasteiger partial charge in [-0.1, -0.05) is 0 Å². The van der Waals surface area contributed by atoms with Crippen LogP contribution in [-0.4, -0.2) is 55.1 Å². The van der Waals surface area contributed by atoms with Gasteiger partial charge in [-0.25, -0.2) is 0 Å². The normalized spacial score (nSPS) is 26.4. The molecule has 112 valence electrons. The molecule has 2 unspecified atom stereocenters. The monoisotopic (exact) mass is 277 g/mol. The van der Waals surface area contributed by atoms with Crippen molar-refractivity contribution < 1.29 is 4.42 Å². The van der Waals surface area contributed by atoms with Crippen LogP contribution in [0.2, 0.25) is 0 Å². The van der Waals surface area contributed by atoms with Gasteiger partial charge in [0, 0.05) is 25.7 Å². The van der Waals surface area contributed by atoms with Gasteiger partial charge in [0.05, 0.1) is 12.3 Å². The van der Waals surface area contributed by atoms with E-state index in [0.717, 1.165) is 24.9 Å². The van der Waals surface area contributed by atoms with Crippen LogP contribution >= 0.6 is 0 Å². The fourth-order valence-electron chi connectivity index (χ4n) is 3.50. The fraction of sp³-hybridized carbons (Fsp3) is 0.750. The molecule has 4 nitrogen and oxygen atoms in total. The summed E-state index contributed by atoms with van der Waals surface area (Å²) in [5.41, 5.74) is 0. The Bertz CT molecular complexity index is 386. The molecule has 4 heteroatoms. The first-order valence-corrected chi connectivity index (χ1v) is 8.06. The molecule has 2 atom stereocenters. The number of furan rings is 1. The van der Waals surface area contributed by atoms with Gasteiger partial charge < -0.3 is 14.6 Å². The largest absolute Gasteiger partial charge is 0.468 e. The second kappa shape index (κ2) is 6.74. The molecule has 1 aromatic heterocycles. The lowest BCUT2D eigenvalue weighted by Gasteiger charge is -2.24. The van der Waals surface area contributed by atoms with E-state index in [9.17, 15) is 0 Å². The van der Waals surface area contributed by atoms with Gasteiger partial charge in [-0.15, -0.1) is 0 Å². The van der Waals surface area contributed by atoms with Crippen molar-refractivity contribution in [2.24, 2.45) is 0 Å². The summed E-state index contributed by atoms with van der Waals surface area (Å²) in [6, 6.07) is 5.12. The van der Waals surface area contributed by atoms with Gasteiger partial charge in [0.15, 0.2) is 0 Å². The van der Waals surface area contributed by atoms with Gasteiger partial charge in [-0.3, -0.25) is 4.90 Å². The Hall–Kier alpha value is -0.840. The molecule has 3 rings (SSSR count). The molecule has 0 bridgehead atoms. The van der Waals surface area contributed by atoms with E-state index in [1.54, 1.807) is 6.26 Å². The Morgan fingerprint density at radius 3 is 2.95 bits per heavy atom. The first-order chi connectivity index (χ1) is 9.83. The summed E-state index contributed by atoms with van der Waals surface area (Å²) in [4.78, 5) is 5.30. The molecule has 2 aliphatic rings. The van der Waals surface area contributed by atoms with Crippen LogP contribution < -0.4 is 5.32 Å². The minimum Gasteiger partial charge on any atom is -0.468 e. The predicted octanol–water partition coefficient (Wildman–Crippen LogP) is 2.10. The van der Waals surface area contributed by atoms with E-state index >= 15 is 0 Å². The van der Waals surface area contributed by atoms with Crippen molar-refractivity contribution in [1.29, 1.82) is 0 Å². The highest BCUT2D eigenvalue weighted by atomic mass is 16.3. The lowest BCUT2D eigenvalue weighted by atomic mass is 10.2. The molecule has 0 spiro atoms. The smallest absolute Gasteiger partial charge is 0.120 e. The number of nitrogens with zero attached hydrogens (tertiary/aromatic N) is 2. The Morgan fingerprint density at radius 2 is 2.20 bits per heavy atom. The third kappa shape index (κ3) is 3.43. The summed E-state index contributed by atoms with van der Waals surface area (Å²) >= 11 is 0. The van der Waals surface area contributed by atoms with Crippen LogP contribution in [0, 0.1) is 0 Å². The van der Waals surface area contributed by atoms with E-state index in [1.807, 2.05) is 12.1 Å². The van der Waals surface area contributed by atoms with Crippen LogP contribution in [0.25, 0.3) is 0 Å². The summed E-state index contributed by atoms with van der Waals surface area (Å²) in [6.45, 7) is 9.52. The number of nitrogens with one attached hydrogen (secondary N) is 1.